The van der Waals surface area contributed by atoms with Gasteiger partial charge in [-0.1, -0.05) is 17.7 Å². The molecule has 28 heavy (non-hydrogen) atoms. The Balaban J connectivity index is 1.65. The molecule has 3 aromatic rings. The van der Waals surface area contributed by atoms with Gasteiger partial charge in [0.1, 0.15) is 18.2 Å². The van der Waals surface area contributed by atoms with Crippen molar-refractivity contribution in [2.75, 3.05) is 5.43 Å². The molecule has 2 aromatic heterocycles. The van der Waals surface area contributed by atoms with Gasteiger partial charge >= 0.3 is 0 Å². The second kappa shape index (κ2) is 7.22. The van der Waals surface area contributed by atoms with E-state index in [1.807, 2.05) is 0 Å². The van der Waals surface area contributed by atoms with E-state index in [-0.39, 0.29) is 11.4 Å². The number of anilines is 1. The summed E-state index contributed by atoms with van der Waals surface area (Å²) in [4.78, 5) is 12.4. The number of nitrogens with zero attached hydrogens (tertiary/aromatic N) is 4. The topological polar surface area (TPSA) is 142 Å². The van der Waals surface area contributed by atoms with Crippen LogP contribution in [0.5, 0.6) is 0 Å². The number of hydrazine groups is 1. The SMILES string of the molecule is NNc1ncnc2c1ncn2[C@@H]1C[C@H](C(O)c2ccc(F)c(Cl)c2)[C@@H](O)[C@H]1O. The Bertz CT molecular complexity index is 1020. The van der Waals surface area contributed by atoms with Gasteiger partial charge in [-0.25, -0.2) is 25.2 Å². The highest BCUT2D eigenvalue weighted by Crippen LogP contribution is 2.43. The van der Waals surface area contributed by atoms with E-state index in [9.17, 15) is 19.7 Å². The van der Waals surface area contributed by atoms with Gasteiger partial charge in [-0.15, -0.1) is 0 Å². The van der Waals surface area contributed by atoms with E-state index in [2.05, 4.69) is 20.4 Å². The highest BCUT2D eigenvalue weighted by atomic mass is 35.5. The van der Waals surface area contributed by atoms with Crippen LogP contribution in [0, 0.1) is 11.7 Å². The van der Waals surface area contributed by atoms with Crippen LogP contribution in [0.4, 0.5) is 10.2 Å². The van der Waals surface area contributed by atoms with Gasteiger partial charge < -0.3 is 25.3 Å². The third kappa shape index (κ3) is 2.99. The fourth-order valence-corrected chi connectivity index (χ4v) is 3.97. The Kier molecular flexibility index (Phi) is 4.89. The third-order valence-electron chi connectivity index (χ3n) is 5.24. The summed E-state index contributed by atoms with van der Waals surface area (Å²) in [5.74, 6) is 4.45. The predicted molar refractivity (Wildman–Crippen MR) is 98.7 cm³/mol. The van der Waals surface area contributed by atoms with E-state index in [1.54, 1.807) is 4.57 Å². The molecule has 5 atom stereocenters. The molecule has 6 N–H and O–H groups in total. The Morgan fingerprint density at radius 3 is 2.75 bits per heavy atom. The molecular formula is C17H18ClFN6O3. The molecule has 0 aliphatic heterocycles. The van der Waals surface area contributed by atoms with Crippen molar-refractivity contribution >= 4 is 28.6 Å². The van der Waals surface area contributed by atoms with Gasteiger partial charge in [0.15, 0.2) is 17.0 Å². The molecule has 11 heteroatoms. The minimum absolute atomic E-state index is 0.125. The number of fused-ring (bicyclic) bond motifs is 1. The number of benzene rings is 1. The average molecular weight is 409 g/mol. The summed E-state index contributed by atoms with van der Waals surface area (Å²) < 4.78 is 15.0. The maximum atomic E-state index is 13.4. The van der Waals surface area contributed by atoms with Crippen molar-refractivity contribution in [1.29, 1.82) is 0 Å². The number of aromatic nitrogens is 4. The van der Waals surface area contributed by atoms with Crippen molar-refractivity contribution in [1.82, 2.24) is 19.5 Å². The lowest BCUT2D eigenvalue weighted by atomic mass is 9.92. The van der Waals surface area contributed by atoms with Gasteiger partial charge in [-0.05, 0) is 24.1 Å². The van der Waals surface area contributed by atoms with Gasteiger partial charge in [0, 0.05) is 5.92 Å². The summed E-state index contributed by atoms with van der Waals surface area (Å²) in [5, 5.41) is 31.7. The number of imidazole rings is 1. The predicted octanol–water partition coefficient (Wildman–Crippen LogP) is 0.921. The number of hydrogen-bond acceptors (Lipinski definition) is 8. The quantitative estimate of drug-likeness (QED) is 0.317. The second-order valence-electron chi connectivity index (χ2n) is 6.76. The van der Waals surface area contributed by atoms with Gasteiger partial charge in [-0.2, -0.15) is 0 Å². The van der Waals surface area contributed by atoms with E-state index in [0.717, 1.165) is 6.07 Å². The van der Waals surface area contributed by atoms with E-state index in [1.165, 1.54) is 24.8 Å². The minimum Gasteiger partial charge on any atom is -0.390 e. The fraction of sp³-hybridized carbons (Fsp3) is 0.353. The molecule has 0 amide bonds. The molecule has 0 bridgehead atoms. The standard InChI is InChI=1S/C17H18ClFN6O3/c18-9-3-7(1-2-10(9)19)13(26)8-4-11(15(28)14(8)27)25-6-23-12-16(24-20)21-5-22-17(12)25/h1-3,5-6,8,11,13-15,26-28H,4,20H2,(H,21,22,24)/t8-,11-,13?,14-,15+/m1/s1. The fourth-order valence-electron chi connectivity index (χ4n) is 3.78. The highest BCUT2D eigenvalue weighted by molar-refractivity contribution is 6.30. The Hall–Kier alpha value is -2.37. The second-order valence-corrected chi connectivity index (χ2v) is 7.16. The van der Waals surface area contributed by atoms with E-state index >= 15 is 0 Å². The van der Waals surface area contributed by atoms with Crippen LogP contribution < -0.4 is 11.3 Å². The van der Waals surface area contributed by atoms with Gasteiger partial charge in [0.05, 0.1) is 29.6 Å². The number of nitrogens with one attached hydrogen (secondary N) is 1. The average Bonchev–Trinajstić information content (AvgIpc) is 3.25. The zero-order valence-corrected chi connectivity index (χ0v) is 15.2. The number of rotatable bonds is 4. The smallest absolute Gasteiger partial charge is 0.171 e. The summed E-state index contributed by atoms with van der Waals surface area (Å²) in [6.07, 6.45) is -0.505. The van der Waals surface area contributed by atoms with Gasteiger partial charge in [0.25, 0.3) is 0 Å². The molecule has 1 fully saturated rings. The highest BCUT2D eigenvalue weighted by Gasteiger charge is 2.46. The summed E-state index contributed by atoms with van der Waals surface area (Å²) in [7, 11) is 0. The van der Waals surface area contributed by atoms with Crippen LogP contribution in [0.1, 0.15) is 24.1 Å². The lowest BCUT2D eigenvalue weighted by Gasteiger charge is -2.22. The van der Waals surface area contributed by atoms with Crippen LogP contribution in [0.3, 0.4) is 0 Å². The Morgan fingerprint density at radius 2 is 2.04 bits per heavy atom. The van der Waals surface area contributed by atoms with E-state index < -0.39 is 36.1 Å². The van der Waals surface area contributed by atoms with Crippen LogP contribution >= 0.6 is 11.6 Å². The van der Waals surface area contributed by atoms with E-state index in [4.69, 9.17) is 17.4 Å². The number of aliphatic hydroxyl groups is 3. The van der Waals surface area contributed by atoms with E-state index in [0.29, 0.717) is 22.5 Å². The van der Waals surface area contributed by atoms with Crippen molar-refractivity contribution in [3.63, 3.8) is 0 Å². The van der Waals surface area contributed by atoms with Gasteiger partial charge in [0.2, 0.25) is 0 Å². The first-order valence-electron chi connectivity index (χ1n) is 8.55. The first-order chi connectivity index (χ1) is 13.4. The maximum Gasteiger partial charge on any atom is 0.171 e. The summed E-state index contributed by atoms with van der Waals surface area (Å²) in [6, 6.07) is 3.28. The molecule has 9 nitrogen and oxygen atoms in total. The number of aliphatic hydroxyl groups excluding tert-OH is 3. The van der Waals surface area contributed by atoms with Crippen LogP contribution in [-0.2, 0) is 0 Å². The summed E-state index contributed by atoms with van der Waals surface area (Å²) in [5.41, 5.74) is 3.63. The molecule has 0 spiro atoms. The van der Waals surface area contributed by atoms with Crippen LogP contribution in [0.15, 0.2) is 30.9 Å². The first-order valence-corrected chi connectivity index (χ1v) is 8.93. The zero-order valence-electron chi connectivity index (χ0n) is 14.4. The maximum absolute atomic E-state index is 13.4. The third-order valence-corrected chi connectivity index (χ3v) is 5.53. The first kappa shape index (κ1) is 19.0. The molecule has 148 valence electrons. The Morgan fingerprint density at radius 1 is 1.25 bits per heavy atom. The molecule has 1 aliphatic rings. The zero-order chi connectivity index (χ0) is 20.0. The lowest BCUT2D eigenvalue weighted by Crippen LogP contribution is -2.31. The molecule has 1 unspecified atom stereocenters. The molecule has 1 aliphatic carbocycles. The van der Waals surface area contributed by atoms with Gasteiger partial charge in [-0.3, -0.25) is 0 Å². The van der Waals surface area contributed by atoms with Crippen molar-refractivity contribution in [3.05, 3.63) is 47.3 Å². The van der Waals surface area contributed by atoms with Crippen LogP contribution in [-0.4, -0.2) is 47.0 Å². The van der Waals surface area contributed by atoms with Crippen molar-refractivity contribution < 1.29 is 19.7 Å². The molecule has 0 saturated heterocycles. The summed E-state index contributed by atoms with van der Waals surface area (Å²) >= 11 is 5.79. The van der Waals surface area contributed by atoms with Crippen molar-refractivity contribution in [2.24, 2.45) is 11.8 Å². The van der Waals surface area contributed by atoms with Crippen molar-refractivity contribution in [3.8, 4) is 0 Å². The van der Waals surface area contributed by atoms with Crippen LogP contribution in [0.25, 0.3) is 11.2 Å². The number of halogens is 2. The van der Waals surface area contributed by atoms with Crippen molar-refractivity contribution in [2.45, 2.75) is 30.8 Å². The normalized spacial score (nSPS) is 25.9. The molecular weight excluding hydrogens is 391 g/mol. The van der Waals surface area contributed by atoms with Crippen LogP contribution in [0.2, 0.25) is 5.02 Å². The lowest BCUT2D eigenvalue weighted by molar-refractivity contribution is -0.0265. The largest absolute Gasteiger partial charge is 0.390 e. The summed E-state index contributed by atoms with van der Waals surface area (Å²) in [6.45, 7) is 0. The number of nitrogen functional groups attached to an aromatic ring is 1. The number of nitrogens with two attached hydrogens (primary N) is 1. The molecule has 2 heterocycles. The monoisotopic (exact) mass is 408 g/mol. The number of hydrogen-bond donors (Lipinski definition) is 5. The minimum atomic E-state index is -1.21. The molecule has 1 saturated carbocycles. The Labute approximate surface area is 163 Å². The molecule has 1 aromatic carbocycles. The molecule has 0 radical (unpaired) electrons. The molecule has 4 rings (SSSR count).